The first-order chi connectivity index (χ1) is 13.6. The molecule has 0 bridgehead atoms. The molecule has 1 aliphatic carbocycles. The van der Waals surface area contributed by atoms with Crippen molar-refractivity contribution in [1.29, 1.82) is 0 Å². The second-order valence-electron chi connectivity index (χ2n) is 8.15. The summed E-state index contributed by atoms with van der Waals surface area (Å²) in [7, 11) is 0. The molecule has 28 heavy (non-hydrogen) atoms. The predicted molar refractivity (Wildman–Crippen MR) is 112 cm³/mol. The molecule has 4 nitrogen and oxygen atoms in total. The van der Waals surface area contributed by atoms with E-state index in [1.807, 2.05) is 31.2 Å². The van der Waals surface area contributed by atoms with Crippen LogP contribution in [-0.2, 0) is 0 Å². The molecule has 2 aliphatic rings. The Hall–Kier alpha value is -2.62. The first kappa shape index (κ1) is 18.7. The lowest BCUT2D eigenvalue weighted by Crippen LogP contribution is -2.49. The van der Waals surface area contributed by atoms with E-state index in [1.165, 1.54) is 25.7 Å². The van der Waals surface area contributed by atoms with E-state index in [1.54, 1.807) is 24.3 Å². The molecule has 1 saturated carbocycles. The maximum Gasteiger partial charge on any atom is 0.255 e. The van der Waals surface area contributed by atoms with Crippen LogP contribution in [0.15, 0.2) is 48.5 Å². The second-order valence-corrected chi connectivity index (χ2v) is 8.15. The second kappa shape index (κ2) is 8.17. The van der Waals surface area contributed by atoms with Crippen LogP contribution in [0, 0.1) is 12.8 Å². The van der Waals surface area contributed by atoms with Gasteiger partial charge in [-0.05, 0) is 74.9 Å². The van der Waals surface area contributed by atoms with Crippen LogP contribution < -0.4 is 5.32 Å². The monoisotopic (exact) mass is 376 g/mol. The maximum absolute atomic E-state index is 13.1. The molecular formula is C24H28N2O2. The van der Waals surface area contributed by atoms with E-state index in [9.17, 15) is 9.59 Å². The summed E-state index contributed by atoms with van der Waals surface area (Å²) in [6, 6.07) is 15.2. The highest BCUT2D eigenvalue weighted by atomic mass is 16.2. The standard InChI is InChI=1S/C24H28N2O2/c1-17-8-14-21(15-9-17)25-23(27)19-10-12-20(13-11-19)24(28)26-16-4-6-18-5-2-3-7-22(18)26/h8-15,18,22H,2-7,16H2,1H3,(H,25,27)/t18-,22+/m0/s1. The van der Waals surface area contributed by atoms with E-state index in [0.717, 1.165) is 30.6 Å². The number of carbonyl (C=O) groups excluding carboxylic acids is 2. The van der Waals surface area contributed by atoms with Gasteiger partial charge in [-0.2, -0.15) is 0 Å². The molecular weight excluding hydrogens is 348 g/mol. The van der Waals surface area contributed by atoms with E-state index in [-0.39, 0.29) is 11.8 Å². The minimum Gasteiger partial charge on any atom is -0.335 e. The van der Waals surface area contributed by atoms with Crippen LogP contribution in [0.4, 0.5) is 5.69 Å². The quantitative estimate of drug-likeness (QED) is 0.816. The fourth-order valence-electron chi connectivity index (χ4n) is 4.65. The molecule has 2 aromatic rings. The number of nitrogens with zero attached hydrogens (tertiary/aromatic N) is 1. The Morgan fingerprint density at radius 3 is 2.25 bits per heavy atom. The number of benzene rings is 2. The average molecular weight is 377 g/mol. The van der Waals surface area contributed by atoms with Crippen molar-refractivity contribution in [2.45, 2.75) is 51.5 Å². The van der Waals surface area contributed by atoms with Gasteiger partial charge in [0.2, 0.25) is 0 Å². The van der Waals surface area contributed by atoms with Crippen molar-refractivity contribution < 1.29 is 9.59 Å². The van der Waals surface area contributed by atoms with Crippen LogP contribution in [0.3, 0.4) is 0 Å². The highest BCUT2D eigenvalue weighted by Crippen LogP contribution is 2.35. The first-order valence-electron chi connectivity index (χ1n) is 10.4. The number of piperidine rings is 1. The molecule has 0 spiro atoms. The van der Waals surface area contributed by atoms with E-state index in [2.05, 4.69) is 10.2 Å². The van der Waals surface area contributed by atoms with Gasteiger partial charge < -0.3 is 10.2 Å². The number of carbonyl (C=O) groups is 2. The molecule has 0 radical (unpaired) electrons. The topological polar surface area (TPSA) is 49.4 Å². The fraction of sp³-hybridized carbons (Fsp3) is 0.417. The van der Waals surface area contributed by atoms with Gasteiger partial charge in [-0.3, -0.25) is 9.59 Å². The number of aryl methyl sites for hydroxylation is 1. The molecule has 4 rings (SSSR count). The number of fused-ring (bicyclic) bond motifs is 1. The third kappa shape index (κ3) is 3.96. The molecule has 146 valence electrons. The van der Waals surface area contributed by atoms with Crippen molar-refractivity contribution in [2.24, 2.45) is 5.92 Å². The number of amides is 2. The Kier molecular flexibility index (Phi) is 5.47. The van der Waals surface area contributed by atoms with Crippen molar-refractivity contribution in [3.05, 3.63) is 65.2 Å². The summed E-state index contributed by atoms with van der Waals surface area (Å²) in [5.74, 6) is 0.626. The number of anilines is 1. The van der Waals surface area contributed by atoms with Gasteiger partial charge in [0.05, 0.1) is 0 Å². The van der Waals surface area contributed by atoms with Gasteiger partial charge in [-0.15, -0.1) is 0 Å². The van der Waals surface area contributed by atoms with Gasteiger partial charge in [-0.1, -0.05) is 30.5 Å². The molecule has 1 heterocycles. The molecule has 1 N–H and O–H groups in total. The number of rotatable bonds is 3. The third-order valence-corrected chi connectivity index (χ3v) is 6.21. The van der Waals surface area contributed by atoms with Crippen molar-refractivity contribution in [1.82, 2.24) is 4.90 Å². The van der Waals surface area contributed by atoms with Gasteiger partial charge in [0.25, 0.3) is 11.8 Å². The lowest BCUT2D eigenvalue weighted by Gasteiger charge is -2.44. The Morgan fingerprint density at radius 2 is 1.50 bits per heavy atom. The number of likely N-dealkylation sites (tertiary alicyclic amines) is 1. The summed E-state index contributed by atoms with van der Waals surface area (Å²) < 4.78 is 0. The molecule has 0 unspecified atom stereocenters. The zero-order valence-corrected chi connectivity index (χ0v) is 16.5. The highest BCUT2D eigenvalue weighted by Gasteiger charge is 2.35. The van der Waals surface area contributed by atoms with Crippen LogP contribution in [0.2, 0.25) is 0 Å². The van der Waals surface area contributed by atoms with Crippen LogP contribution in [0.5, 0.6) is 0 Å². The number of nitrogens with one attached hydrogen (secondary N) is 1. The molecule has 2 aromatic carbocycles. The smallest absolute Gasteiger partial charge is 0.255 e. The minimum atomic E-state index is -0.159. The normalized spacial score (nSPS) is 21.7. The van der Waals surface area contributed by atoms with Crippen LogP contribution in [0.1, 0.15) is 64.8 Å². The van der Waals surface area contributed by atoms with Crippen LogP contribution >= 0.6 is 0 Å². The third-order valence-electron chi connectivity index (χ3n) is 6.21. The van der Waals surface area contributed by atoms with Crippen molar-refractivity contribution in [3.8, 4) is 0 Å². The summed E-state index contributed by atoms with van der Waals surface area (Å²) in [6.07, 6.45) is 7.27. The lowest BCUT2D eigenvalue weighted by molar-refractivity contribution is 0.0390. The zero-order chi connectivity index (χ0) is 19.5. The van der Waals surface area contributed by atoms with Crippen LogP contribution in [-0.4, -0.2) is 29.3 Å². The number of hydrogen-bond donors (Lipinski definition) is 1. The number of hydrogen-bond acceptors (Lipinski definition) is 2. The van der Waals surface area contributed by atoms with Crippen molar-refractivity contribution in [2.75, 3.05) is 11.9 Å². The van der Waals surface area contributed by atoms with Gasteiger partial charge in [0.15, 0.2) is 0 Å². The van der Waals surface area contributed by atoms with Crippen molar-refractivity contribution >= 4 is 17.5 Å². The molecule has 0 aromatic heterocycles. The summed E-state index contributed by atoms with van der Waals surface area (Å²) in [4.78, 5) is 27.6. The zero-order valence-electron chi connectivity index (χ0n) is 16.5. The first-order valence-corrected chi connectivity index (χ1v) is 10.4. The molecule has 2 amide bonds. The van der Waals surface area contributed by atoms with E-state index in [0.29, 0.717) is 23.1 Å². The molecule has 2 fully saturated rings. The molecule has 4 heteroatoms. The lowest BCUT2D eigenvalue weighted by atomic mass is 9.78. The van der Waals surface area contributed by atoms with Crippen LogP contribution in [0.25, 0.3) is 0 Å². The Balaban J connectivity index is 1.44. The van der Waals surface area contributed by atoms with E-state index in [4.69, 9.17) is 0 Å². The summed E-state index contributed by atoms with van der Waals surface area (Å²) in [5.41, 5.74) is 3.16. The Bertz CT molecular complexity index is 840. The van der Waals surface area contributed by atoms with Crippen molar-refractivity contribution in [3.63, 3.8) is 0 Å². The Morgan fingerprint density at radius 1 is 0.857 bits per heavy atom. The van der Waals surface area contributed by atoms with Gasteiger partial charge >= 0.3 is 0 Å². The van der Waals surface area contributed by atoms with E-state index < -0.39 is 0 Å². The summed E-state index contributed by atoms with van der Waals surface area (Å²) in [6.45, 7) is 2.87. The minimum absolute atomic E-state index is 0.113. The Labute approximate surface area is 166 Å². The van der Waals surface area contributed by atoms with Gasteiger partial charge in [-0.25, -0.2) is 0 Å². The molecule has 2 atom stereocenters. The largest absolute Gasteiger partial charge is 0.335 e. The fourth-order valence-corrected chi connectivity index (χ4v) is 4.65. The average Bonchev–Trinajstić information content (AvgIpc) is 2.74. The summed E-state index contributed by atoms with van der Waals surface area (Å²) >= 11 is 0. The highest BCUT2D eigenvalue weighted by molar-refractivity contribution is 6.05. The van der Waals surface area contributed by atoms with E-state index >= 15 is 0 Å². The maximum atomic E-state index is 13.1. The molecule has 1 saturated heterocycles. The predicted octanol–water partition coefficient (Wildman–Crippen LogP) is 5.04. The SMILES string of the molecule is Cc1ccc(NC(=O)c2ccc(C(=O)N3CCC[C@@H]4CCCC[C@H]43)cc2)cc1. The van der Waals surface area contributed by atoms with Gasteiger partial charge in [0.1, 0.15) is 0 Å². The van der Waals surface area contributed by atoms with Gasteiger partial charge in [0, 0.05) is 29.4 Å². The summed E-state index contributed by atoms with van der Waals surface area (Å²) in [5, 5.41) is 2.90. The molecule has 1 aliphatic heterocycles.